The molecule has 1 saturated heterocycles. The van der Waals surface area contributed by atoms with Crippen LogP contribution in [0.1, 0.15) is 36.5 Å². The van der Waals surface area contributed by atoms with Crippen molar-refractivity contribution in [3.8, 4) is 0 Å². The van der Waals surface area contributed by atoms with Gasteiger partial charge in [-0.25, -0.2) is 4.99 Å². The van der Waals surface area contributed by atoms with Crippen molar-refractivity contribution < 1.29 is 9.72 Å². The molecule has 0 aliphatic carbocycles. The van der Waals surface area contributed by atoms with E-state index in [0.29, 0.717) is 27.7 Å². The van der Waals surface area contributed by atoms with Crippen LogP contribution < -0.4 is 0 Å². The van der Waals surface area contributed by atoms with E-state index < -0.39 is 4.92 Å². The second-order valence-electron chi connectivity index (χ2n) is 6.95. The number of thioether (sulfide) groups is 1. The Labute approximate surface area is 174 Å². The van der Waals surface area contributed by atoms with Gasteiger partial charge in [-0.3, -0.25) is 19.8 Å². The van der Waals surface area contributed by atoms with Crippen LogP contribution in [0.4, 0.5) is 11.4 Å². The topological polar surface area (TPSA) is 75.8 Å². The van der Waals surface area contributed by atoms with Crippen molar-refractivity contribution in [2.45, 2.75) is 33.6 Å². The maximum atomic E-state index is 13.0. The fourth-order valence-electron chi connectivity index (χ4n) is 2.90. The Balaban J connectivity index is 1.95. The Morgan fingerprint density at radius 2 is 1.90 bits per heavy atom. The van der Waals surface area contributed by atoms with Crippen molar-refractivity contribution in [3.05, 3.63) is 74.2 Å². The number of hydrogen-bond acceptors (Lipinski definition) is 5. The van der Waals surface area contributed by atoms with Gasteiger partial charge in [-0.1, -0.05) is 43.2 Å². The Hall–Kier alpha value is -2.93. The van der Waals surface area contributed by atoms with Gasteiger partial charge in [0.1, 0.15) is 0 Å². The summed E-state index contributed by atoms with van der Waals surface area (Å²) in [6.45, 7) is 6.38. The van der Waals surface area contributed by atoms with Crippen LogP contribution in [-0.4, -0.2) is 27.4 Å². The number of amidine groups is 1. The highest BCUT2D eigenvalue weighted by molar-refractivity contribution is 8.18. The van der Waals surface area contributed by atoms with Crippen molar-refractivity contribution in [1.82, 2.24) is 4.90 Å². The number of hydrogen-bond donors (Lipinski definition) is 0. The number of rotatable bonds is 6. The molecule has 0 saturated carbocycles. The third kappa shape index (κ3) is 4.92. The van der Waals surface area contributed by atoms with Gasteiger partial charge in [0.25, 0.3) is 11.6 Å². The van der Waals surface area contributed by atoms with Crippen molar-refractivity contribution >= 4 is 40.3 Å². The summed E-state index contributed by atoms with van der Waals surface area (Å²) in [5.41, 5.74) is 3.21. The predicted octanol–water partition coefficient (Wildman–Crippen LogP) is 5.62. The van der Waals surface area contributed by atoms with Crippen LogP contribution in [0.25, 0.3) is 6.08 Å². The maximum absolute atomic E-state index is 13.0. The third-order valence-corrected chi connectivity index (χ3v) is 5.62. The molecule has 3 rings (SSSR count). The molecule has 7 heteroatoms. The molecule has 0 radical (unpaired) electrons. The number of carbonyl (C=O) groups excluding carboxylic acids is 1. The lowest BCUT2D eigenvalue weighted by atomic mass is 10.1. The summed E-state index contributed by atoms with van der Waals surface area (Å²) in [5.74, 6) is -0.113. The van der Waals surface area contributed by atoms with Gasteiger partial charge in [-0.05, 0) is 55.8 Å². The molecule has 0 unspecified atom stereocenters. The molecule has 1 heterocycles. The highest BCUT2D eigenvalue weighted by Gasteiger charge is 2.33. The SMILES string of the molecule is CCCCN1C(=O)/C(=C\c2ccc(C)c([N+](=O)[O-])c2)SC1=Nc1ccc(C)cc1. The predicted molar refractivity (Wildman–Crippen MR) is 118 cm³/mol. The Morgan fingerprint density at radius 3 is 2.55 bits per heavy atom. The zero-order chi connectivity index (χ0) is 21.0. The molecular formula is C22H23N3O3S. The molecule has 29 heavy (non-hydrogen) atoms. The first kappa shape index (κ1) is 20.8. The zero-order valence-electron chi connectivity index (χ0n) is 16.7. The highest BCUT2D eigenvalue weighted by atomic mass is 32.2. The van der Waals surface area contributed by atoms with E-state index in [2.05, 4.69) is 11.9 Å². The van der Waals surface area contributed by atoms with E-state index in [4.69, 9.17) is 0 Å². The highest BCUT2D eigenvalue weighted by Crippen LogP contribution is 2.35. The summed E-state index contributed by atoms with van der Waals surface area (Å²) in [6.07, 6.45) is 3.55. The molecule has 2 aromatic rings. The first-order valence-corrected chi connectivity index (χ1v) is 10.3. The Kier molecular flexibility index (Phi) is 6.49. The summed E-state index contributed by atoms with van der Waals surface area (Å²) in [7, 11) is 0. The molecule has 6 nitrogen and oxygen atoms in total. The Bertz CT molecular complexity index is 997. The van der Waals surface area contributed by atoms with Gasteiger partial charge in [0.05, 0.1) is 15.5 Å². The monoisotopic (exact) mass is 409 g/mol. The minimum Gasteiger partial charge on any atom is -0.286 e. The van der Waals surface area contributed by atoms with Gasteiger partial charge in [-0.15, -0.1) is 0 Å². The minimum absolute atomic E-state index is 0.0474. The van der Waals surface area contributed by atoms with Gasteiger partial charge in [0.2, 0.25) is 0 Å². The van der Waals surface area contributed by atoms with Gasteiger partial charge in [-0.2, -0.15) is 0 Å². The van der Waals surface area contributed by atoms with E-state index in [0.717, 1.165) is 24.1 Å². The fourth-order valence-corrected chi connectivity index (χ4v) is 3.92. The molecule has 2 aromatic carbocycles. The van der Waals surface area contributed by atoms with Crippen LogP contribution in [-0.2, 0) is 4.79 Å². The van der Waals surface area contributed by atoms with Crippen molar-refractivity contribution in [3.63, 3.8) is 0 Å². The van der Waals surface area contributed by atoms with Crippen LogP contribution in [0.15, 0.2) is 52.4 Å². The van der Waals surface area contributed by atoms with Crippen LogP contribution >= 0.6 is 11.8 Å². The second kappa shape index (κ2) is 9.05. The average Bonchev–Trinajstić information content (AvgIpc) is 2.97. The first-order valence-electron chi connectivity index (χ1n) is 9.51. The van der Waals surface area contributed by atoms with Gasteiger partial charge < -0.3 is 0 Å². The number of aryl methyl sites for hydroxylation is 2. The van der Waals surface area contributed by atoms with E-state index in [1.807, 2.05) is 31.2 Å². The zero-order valence-corrected chi connectivity index (χ0v) is 17.5. The molecule has 1 aliphatic heterocycles. The molecule has 0 aromatic heterocycles. The lowest BCUT2D eigenvalue weighted by molar-refractivity contribution is -0.385. The second-order valence-corrected chi connectivity index (χ2v) is 7.96. The molecule has 0 spiro atoms. The standard InChI is InChI=1S/C22H23N3O3S/c1-4-5-12-24-21(26)20(14-17-9-8-16(3)19(13-17)25(27)28)29-22(24)23-18-10-6-15(2)7-11-18/h6-11,13-14H,4-5,12H2,1-3H3/b20-14+,23-22?. The minimum atomic E-state index is -0.404. The molecule has 150 valence electrons. The molecule has 0 N–H and O–H groups in total. The number of unbranched alkanes of at least 4 members (excludes halogenated alkanes) is 1. The number of benzene rings is 2. The largest absolute Gasteiger partial charge is 0.286 e. The number of aliphatic imine (C=N–C) groups is 1. The molecule has 1 fully saturated rings. The summed E-state index contributed by atoms with van der Waals surface area (Å²) in [6, 6.07) is 12.8. The lowest BCUT2D eigenvalue weighted by Crippen LogP contribution is -2.30. The van der Waals surface area contributed by atoms with E-state index in [1.54, 1.807) is 30.0 Å². The number of nitro groups is 1. The van der Waals surface area contributed by atoms with Crippen molar-refractivity contribution in [1.29, 1.82) is 0 Å². The fraction of sp³-hybridized carbons (Fsp3) is 0.273. The third-order valence-electron chi connectivity index (χ3n) is 4.61. The number of amides is 1. The van der Waals surface area contributed by atoms with Crippen LogP contribution in [0.3, 0.4) is 0 Å². The van der Waals surface area contributed by atoms with E-state index in [9.17, 15) is 14.9 Å². The van der Waals surface area contributed by atoms with E-state index >= 15 is 0 Å². The molecule has 0 bridgehead atoms. The molecule has 0 atom stereocenters. The quantitative estimate of drug-likeness (QED) is 0.353. The Morgan fingerprint density at radius 1 is 1.17 bits per heavy atom. The average molecular weight is 410 g/mol. The van der Waals surface area contributed by atoms with Crippen molar-refractivity contribution in [2.24, 2.45) is 4.99 Å². The maximum Gasteiger partial charge on any atom is 0.272 e. The van der Waals surface area contributed by atoms with Gasteiger partial charge in [0.15, 0.2) is 5.17 Å². The summed E-state index contributed by atoms with van der Waals surface area (Å²) in [5, 5.41) is 11.8. The molecule has 1 amide bonds. The van der Waals surface area contributed by atoms with E-state index in [-0.39, 0.29) is 11.6 Å². The van der Waals surface area contributed by atoms with Gasteiger partial charge in [0, 0.05) is 18.2 Å². The van der Waals surface area contributed by atoms with E-state index in [1.165, 1.54) is 17.8 Å². The summed E-state index contributed by atoms with van der Waals surface area (Å²) < 4.78 is 0. The number of nitro benzene ring substituents is 1. The molecule has 1 aliphatic rings. The first-order chi connectivity index (χ1) is 13.9. The summed E-state index contributed by atoms with van der Waals surface area (Å²) >= 11 is 1.31. The smallest absolute Gasteiger partial charge is 0.272 e. The number of carbonyl (C=O) groups is 1. The molecular weight excluding hydrogens is 386 g/mol. The lowest BCUT2D eigenvalue weighted by Gasteiger charge is -2.14. The number of nitrogens with zero attached hydrogens (tertiary/aromatic N) is 3. The van der Waals surface area contributed by atoms with Crippen molar-refractivity contribution in [2.75, 3.05) is 6.54 Å². The normalized spacial score (nSPS) is 16.8. The summed E-state index contributed by atoms with van der Waals surface area (Å²) in [4.78, 5) is 30.7. The van der Waals surface area contributed by atoms with Crippen LogP contribution in [0.5, 0.6) is 0 Å². The van der Waals surface area contributed by atoms with Gasteiger partial charge >= 0.3 is 0 Å². The van der Waals surface area contributed by atoms with Crippen LogP contribution in [0, 0.1) is 24.0 Å². The van der Waals surface area contributed by atoms with Crippen LogP contribution in [0.2, 0.25) is 0 Å².